The van der Waals surface area contributed by atoms with Crippen molar-refractivity contribution in [1.29, 1.82) is 0 Å². The maximum absolute atomic E-state index is 12.9. The number of carbonyl (C=O) groups excluding carboxylic acids is 2. The fourth-order valence-electron chi connectivity index (χ4n) is 10.8. The van der Waals surface area contributed by atoms with Gasteiger partial charge in [-0.3, -0.25) is 9.59 Å². The molecule has 0 fully saturated rings. The molecule has 0 aliphatic rings. The first kappa shape index (κ1) is 80.5. The Bertz CT molecular complexity index is 1450. The second-order valence-corrected chi connectivity index (χ2v) is 25.9. The molecule has 1 N–H and O–H groups in total. The Hall–Kier alpha value is -2.49. The number of hydrogen-bond donors (Lipinski definition) is 1. The van der Waals surface area contributed by atoms with Crippen molar-refractivity contribution in [3.63, 3.8) is 0 Å². The molecule has 2 atom stereocenters. The quantitative estimate of drug-likeness (QED) is 0.0211. The lowest BCUT2D eigenvalue weighted by atomic mass is 10.0. The molecule has 0 saturated heterocycles. The van der Waals surface area contributed by atoms with Crippen LogP contribution in [-0.4, -0.2) is 87.4 Å². The highest BCUT2D eigenvalue weighted by atomic mass is 16.7. The summed E-state index contributed by atoms with van der Waals surface area (Å²) in [5.74, 6) is -1.99. The second-order valence-electron chi connectivity index (χ2n) is 25.9. The Morgan fingerprint density at radius 3 is 0.964 bits per heavy atom. The van der Waals surface area contributed by atoms with Crippen molar-refractivity contribution in [3.8, 4) is 0 Å². The van der Waals surface area contributed by atoms with E-state index < -0.39 is 24.3 Å². The van der Waals surface area contributed by atoms with Gasteiger partial charge in [0.2, 0.25) is 0 Å². The van der Waals surface area contributed by atoms with Gasteiger partial charge in [-0.05, 0) is 70.6 Å². The van der Waals surface area contributed by atoms with Gasteiger partial charge in [-0.25, -0.2) is 4.79 Å². The zero-order valence-corrected chi connectivity index (χ0v) is 55.9. The third-order valence-corrected chi connectivity index (χ3v) is 16.4. The predicted octanol–water partition coefficient (Wildman–Crippen LogP) is 22.4. The van der Waals surface area contributed by atoms with Gasteiger partial charge in [0.1, 0.15) is 13.2 Å². The number of unbranched alkanes of at least 4 members (excludes halogenated alkanes) is 47. The number of allylic oxidation sites excluding steroid dienone is 6. The molecule has 0 amide bonds. The first-order valence-electron chi connectivity index (χ1n) is 36.2. The Labute approximate surface area is 515 Å². The summed E-state index contributed by atoms with van der Waals surface area (Å²) in [6, 6.07) is 0. The number of quaternary nitrogens is 1. The number of carboxylic acid groups (broad SMARTS) is 1. The summed E-state index contributed by atoms with van der Waals surface area (Å²) >= 11 is 0. The van der Waals surface area contributed by atoms with E-state index >= 15 is 0 Å². The van der Waals surface area contributed by atoms with Gasteiger partial charge in [0.15, 0.2) is 6.10 Å². The van der Waals surface area contributed by atoms with Crippen LogP contribution in [0.4, 0.5) is 0 Å². The Balaban J connectivity index is 3.98. The molecule has 0 aromatic rings. The minimum atomic E-state index is -1.51. The zero-order valence-electron chi connectivity index (χ0n) is 55.9. The molecule has 9 nitrogen and oxygen atoms in total. The van der Waals surface area contributed by atoms with Crippen molar-refractivity contribution in [1.82, 2.24) is 0 Å². The van der Waals surface area contributed by atoms with Crippen LogP contribution in [0.25, 0.3) is 0 Å². The summed E-state index contributed by atoms with van der Waals surface area (Å²) in [5, 5.41) is 9.74. The lowest BCUT2D eigenvalue weighted by Gasteiger charge is -2.25. The number of esters is 2. The molecule has 0 aromatic carbocycles. The zero-order chi connectivity index (χ0) is 60.5. The molecule has 0 aliphatic heterocycles. The standard InChI is InChI=1S/C74H139NO8/c1-6-8-10-12-14-16-18-20-22-24-26-28-29-30-31-32-33-34-35-36-37-38-39-40-41-42-43-45-46-48-50-52-54-56-58-60-62-64-71(76)81-68-70(69-82-74(73(78)79)80-67-66-75(3,4)5)83-72(77)65-63-61-59-57-55-53-51-49-47-44-27-25-23-21-19-17-15-13-11-9-7-2/h19,21,24-27,70,74H,6-18,20,22-23,28-69H2,1-5H3/p+1/b21-19-,26-24-,27-25-. The second kappa shape index (κ2) is 65.5. The molecule has 0 heterocycles. The number of likely N-dealkylation sites (N-methyl/N-ethyl adjacent to an activating group) is 1. The molecular weight excluding hydrogens is 1030 g/mol. The van der Waals surface area contributed by atoms with Crippen LogP contribution >= 0.6 is 0 Å². The Morgan fingerprint density at radius 1 is 0.361 bits per heavy atom. The van der Waals surface area contributed by atoms with Crippen molar-refractivity contribution in [2.24, 2.45) is 0 Å². The van der Waals surface area contributed by atoms with Gasteiger partial charge >= 0.3 is 17.9 Å². The van der Waals surface area contributed by atoms with Gasteiger partial charge in [0, 0.05) is 12.8 Å². The summed E-state index contributed by atoms with van der Waals surface area (Å²) < 4.78 is 23.0. The molecule has 9 heteroatoms. The number of rotatable bonds is 68. The molecule has 0 spiro atoms. The van der Waals surface area contributed by atoms with Crippen LogP contribution in [0.3, 0.4) is 0 Å². The maximum Gasteiger partial charge on any atom is 0.361 e. The minimum Gasteiger partial charge on any atom is -0.477 e. The predicted molar refractivity (Wildman–Crippen MR) is 355 cm³/mol. The average molecular weight is 1170 g/mol. The molecule has 0 saturated carbocycles. The normalized spacial score (nSPS) is 12.8. The number of aliphatic carboxylic acids is 1. The highest BCUT2D eigenvalue weighted by Crippen LogP contribution is 2.19. The van der Waals surface area contributed by atoms with E-state index in [9.17, 15) is 19.5 Å². The van der Waals surface area contributed by atoms with Crippen LogP contribution in [0.1, 0.15) is 361 Å². The first-order valence-corrected chi connectivity index (χ1v) is 36.2. The van der Waals surface area contributed by atoms with Gasteiger partial charge in [-0.1, -0.05) is 314 Å². The molecule has 488 valence electrons. The summed E-state index contributed by atoms with van der Waals surface area (Å²) in [7, 11) is 5.99. The van der Waals surface area contributed by atoms with E-state index in [1.54, 1.807) is 0 Å². The number of hydrogen-bond acceptors (Lipinski definition) is 7. The number of carbonyl (C=O) groups is 3. The molecular formula is C74H140NO8+. The van der Waals surface area contributed by atoms with E-state index in [4.69, 9.17) is 18.9 Å². The maximum atomic E-state index is 12.9. The Morgan fingerprint density at radius 2 is 0.651 bits per heavy atom. The van der Waals surface area contributed by atoms with Crippen molar-refractivity contribution in [2.45, 2.75) is 373 Å². The highest BCUT2D eigenvalue weighted by molar-refractivity contribution is 5.71. The Kier molecular flexibility index (Phi) is 63.5. The van der Waals surface area contributed by atoms with Gasteiger partial charge in [0.25, 0.3) is 6.29 Å². The van der Waals surface area contributed by atoms with Gasteiger partial charge in [-0.15, -0.1) is 0 Å². The van der Waals surface area contributed by atoms with Crippen LogP contribution in [0.15, 0.2) is 36.5 Å². The molecule has 0 radical (unpaired) electrons. The van der Waals surface area contributed by atoms with Gasteiger partial charge in [-0.2, -0.15) is 0 Å². The van der Waals surface area contributed by atoms with E-state index in [2.05, 4.69) is 50.3 Å². The minimum absolute atomic E-state index is 0.179. The van der Waals surface area contributed by atoms with Gasteiger partial charge < -0.3 is 28.5 Å². The van der Waals surface area contributed by atoms with E-state index in [1.165, 1.54) is 283 Å². The molecule has 0 bridgehead atoms. The van der Waals surface area contributed by atoms with Crippen LogP contribution in [0, 0.1) is 0 Å². The largest absolute Gasteiger partial charge is 0.477 e. The monoisotopic (exact) mass is 1170 g/mol. The average Bonchev–Trinajstić information content (AvgIpc) is 3.46. The topological polar surface area (TPSA) is 108 Å². The third-order valence-electron chi connectivity index (χ3n) is 16.4. The van der Waals surface area contributed by atoms with E-state index in [0.717, 1.165) is 51.4 Å². The lowest BCUT2D eigenvalue weighted by molar-refractivity contribution is -0.870. The summed E-state index contributed by atoms with van der Waals surface area (Å²) in [5.41, 5.74) is 0. The van der Waals surface area contributed by atoms with Crippen LogP contribution in [-0.2, 0) is 33.3 Å². The molecule has 2 unspecified atom stereocenters. The van der Waals surface area contributed by atoms with Crippen LogP contribution < -0.4 is 0 Å². The van der Waals surface area contributed by atoms with Crippen LogP contribution in [0.5, 0.6) is 0 Å². The van der Waals surface area contributed by atoms with E-state index in [-0.39, 0.29) is 32.2 Å². The summed E-state index contributed by atoms with van der Waals surface area (Å²) in [6.45, 7) is 4.92. The molecule has 83 heavy (non-hydrogen) atoms. The first-order chi connectivity index (χ1) is 40.6. The number of ether oxygens (including phenoxy) is 4. The fourth-order valence-corrected chi connectivity index (χ4v) is 10.8. The summed E-state index contributed by atoms with van der Waals surface area (Å²) in [4.78, 5) is 37.6. The lowest BCUT2D eigenvalue weighted by Crippen LogP contribution is -2.40. The van der Waals surface area contributed by atoms with Crippen molar-refractivity contribution < 1.29 is 42.9 Å². The molecule has 0 rings (SSSR count). The SMILES string of the molecule is CCCCCCC/C=C\C/C=C\CCCCCCCCCCCC(=O)OC(COC(=O)CCCCCCCCCCCCCCCCCCCCCCCCCCC/C=C\CCCCCCCCCC)COC(OCC[N+](C)(C)C)C(=O)O. The highest BCUT2D eigenvalue weighted by Gasteiger charge is 2.25. The van der Waals surface area contributed by atoms with Crippen molar-refractivity contribution >= 4 is 17.9 Å². The molecule has 0 aliphatic carbocycles. The van der Waals surface area contributed by atoms with Crippen molar-refractivity contribution in [3.05, 3.63) is 36.5 Å². The third kappa shape index (κ3) is 66.9. The van der Waals surface area contributed by atoms with E-state index in [0.29, 0.717) is 17.4 Å². The van der Waals surface area contributed by atoms with E-state index in [1.807, 2.05) is 21.1 Å². The van der Waals surface area contributed by atoms with Crippen molar-refractivity contribution in [2.75, 3.05) is 47.5 Å². The fraction of sp³-hybridized carbons (Fsp3) is 0.878. The van der Waals surface area contributed by atoms with Crippen LogP contribution in [0.2, 0.25) is 0 Å². The van der Waals surface area contributed by atoms with Gasteiger partial charge in [0.05, 0.1) is 34.4 Å². The number of carboxylic acids is 1. The molecule has 0 aromatic heterocycles. The summed E-state index contributed by atoms with van der Waals surface area (Å²) in [6.07, 6.45) is 79.9. The smallest absolute Gasteiger partial charge is 0.361 e. The number of nitrogens with zero attached hydrogens (tertiary/aromatic N) is 1.